The van der Waals surface area contributed by atoms with Crippen LogP contribution in [0.4, 0.5) is 0 Å². The molecule has 2 aromatic rings. The lowest BCUT2D eigenvalue weighted by Gasteiger charge is -2.34. The van der Waals surface area contributed by atoms with Crippen molar-refractivity contribution in [3.63, 3.8) is 0 Å². The molecule has 0 spiro atoms. The molecule has 0 radical (unpaired) electrons. The van der Waals surface area contributed by atoms with Crippen molar-refractivity contribution in [1.82, 2.24) is 9.80 Å². The van der Waals surface area contributed by atoms with Crippen LogP contribution in [0.15, 0.2) is 60.7 Å². The summed E-state index contributed by atoms with van der Waals surface area (Å²) in [7, 11) is 1.64. The first-order valence-corrected chi connectivity index (χ1v) is 10.0. The molecule has 1 saturated heterocycles. The Morgan fingerprint density at radius 3 is 2.24 bits per heavy atom. The number of piperazine rings is 1. The van der Waals surface area contributed by atoms with Crippen molar-refractivity contribution >= 4 is 17.4 Å². The normalized spacial score (nSPS) is 14.6. The fraction of sp³-hybridized carbons (Fsp3) is 0.333. The summed E-state index contributed by atoms with van der Waals surface area (Å²) in [5, 5.41) is 0. The summed E-state index contributed by atoms with van der Waals surface area (Å²) < 4.78 is 5.35. The van der Waals surface area contributed by atoms with Gasteiger partial charge in [0.25, 0.3) is 0 Å². The van der Waals surface area contributed by atoms with E-state index in [2.05, 4.69) is 0 Å². The molecule has 1 fully saturated rings. The van der Waals surface area contributed by atoms with E-state index in [4.69, 9.17) is 4.74 Å². The second-order valence-electron chi connectivity index (χ2n) is 7.21. The summed E-state index contributed by atoms with van der Waals surface area (Å²) in [6, 6.07) is 17.7. The largest absolute Gasteiger partial charge is 0.496 e. The molecule has 1 aliphatic rings. The molecule has 1 aliphatic heterocycles. The van der Waals surface area contributed by atoms with Gasteiger partial charge >= 0.3 is 0 Å². The van der Waals surface area contributed by atoms with E-state index in [-0.39, 0.29) is 11.8 Å². The standard InChI is InChI=1S/C24H28N2O3/c1-19(20-8-4-3-5-9-20)18-24(28)26-16-14-25(15-17-26)23(27)13-12-21-10-6-7-11-22(21)29-2/h3-11,18H,12-17H2,1-2H3/b19-18+. The van der Waals surface area contributed by atoms with Gasteiger partial charge in [-0.1, -0.05) is 48.5 Å². The highest BCUT2D eigenvalue weighted by atomic mass is 16.5. The number of carbonyl (C=O) groups excluding carboxylic acids is 2. The summed E-state index contributed by atoms with van der Waals surface area (Å²) in [4.78, 5) is 28.8. The molecule has 5 heteroatoms. The first-order valence-electron chi connectivity index (χ1n) is 10.0. The van der Waals surface area contributed by atoms with Gasteiger partial charge in [-0.3, -0.25) is 9.59 Å². The topological polar surface area (TPSA) is 49.9 Å². The molecular formula is C24H28N2O3. The van der Waals surface area contributed by atoms with Crippen LogP contribution in [0.2, 0.25) is 0 Å². The van der Waals surface area contributed by atoms with Crippen LogP contribution in [0.1, 0.15) is 24.5 Å². The molecule has 0 aliphatic carbocycles. The Hall–Kier alpha value is -3.08. The van der Waals surface area contributed by atoms with Crippen molar-refractivity contribution in [2.75, 3.05) is 33.3 Å². The van der Waals surface area contributed by atoms with E-state index < -0.39 is 0 Å². The molecule has 5 nitrogen and oxygen atoms in total. The molecule has 0 bridgehead atoms. The van der Waals surface area contributed by atoms with Crippen molar-refractivity contribution in [3.05, 3.63) is 71.8 Å². The van der Waals surface area contributed by atoms with Crippen molar-refractivity contribution < 1.29 is 14.3 Å². The molecule has 3 rings (SSSR count). The Morgan fingerprint density at radius 1 is 0.931 bits per heavy atom. The number of amides is 2. The third-order valence-corrected chi connectivity index (χ3v) is 5.31. The van der Waals surface area contributed by atoms with E-state index >= 15 is 0 Å². The number of benzene rings is 2. The number of hydrogen-bond donors (Lipinski definition) is 0. The van der Waals surface area contributed by atoms with Crippen LogP contribution in [-0.2, 0) is 16.0 Å². The van der Waals surface area contributed by atoms with Crippen molar-refractivity contribution in [2.45, 2.75) is 19.8 Å². The average Bonchev–Trinajstić information content (AvgIpc) is 2.78. The number of methoxy groups -OCH3 is 1. The lowest BCUT2D eigenvalue weighted by molar-refractivity contribution is -0.137. The third-order valence-electron chi connectivity index (χ3n) is 5.31. The van der Waals surface area contributed by atoms with Crippen molar-refractivity contribution in [3.8, 4) is 5.75 Å². The number of ether oxygens (including phenoxy) is 1. The number of allylic oxidation sites excluding steroid dienone is 1. The second-order valence-corrected chi connectivity index (χ2v) is 7.21. The van der Waals surface area contributed by atoms with Crippen LogP contribution >= 0.6 is 0 Å². The van der Waals surface area contributed by atoms with Gasteiger partial charge < -0.3 is 14.5 Å². The molecular weight excluding hydrogens is 364 g/mol. The number of para-hydroxylation sites is 1. The lowest BCUT2D eigenvalue weighted by Crippen LogP contribution is -2.50. The minimum absolute atomic E-state index is 0.00692. The van der Waals surface area contributed by atoms with Crippen molar-refractivity contribution in [1.29, 1.82) is 0 Å². The number of rotatable bonds is 6. The van der Waals surface area contributed by atoms with Crippen LogP contribution in [-0.4, -0.2) is 54.9 Å². The van der Waals surface area contributed by atoms with E-state index in [1.165, 1.54) is 0 Å². The third kappa shape index (κ3) is 5.47. The summed E-state index contributed by atoms with van der Waals surface area (Å²) in [5.41, 5.74) is 3.04. The highest BCUT2D eigenvalue weighted by Crippen LogP contribution is 2.19. The van der Waals surface area contributed by atoms with E-state index in [0.717, 1.165) is 22.4 Å². The Morgan fingerprint density at radius 2 is 1.55 bits per heavy atom. The highest BCUT2D eigenvalue weighted by Gasteiger charge is 2.23. The summed E-state index contributed by atoms with van der Waals surface area (Å²) in [6.07, 6.45) is 2.79. The molecule has 0 saturated carbocycles. The maximum Gasteiger partial charge on any atom is 0.246 e. The zero-order valence-electron chi connectivity index (χ0n) is 17.1. The fourth-order valence-electron chi connectivity index (χ4n) is 3.55. The van der Waals surface area contributed by atoms with Gasteiger partial charge in [0.15, 0.2) is 0 Å². The number of hydrogen-bond acceptors (Lipinski definition) is 3. The quantitative estimate of drug-likeness (QED) is 0.708. The van der Waals surface area contributed by atoms with Gasteiger partial charge in [-0.25, -0.2) is 0 Å². The summed E-state index contributed by atoms with van der Waals surface area (Å²) in [6.45, 7) is 4.24. The van der Waals surface area contributed by atoms with Gasteiger partial charge in [0, 0.05) is 38.7 Å². The first-order chi connectivity index (χ1) is 14.1. The van der Waals surface area contributed by atoms with Crippen LogP contribution in [0, 0.1) is 0 Å². The van der Waals surface area contributed by atoms with E-state index in [1.54, 1.807) is 13.2 Å². The number of carbonyl (C=O) groups is 2. The molecule has 29 heavy (non-hydrogen) atoms. The van der Waals surface area contributed by atoms with Crippen LogP contribution in [0.3, 0.4) is 0 Å². The molecule has 0 atom stereocenters. The minimum Gasteiger partial charge on any atom is -0.496 e. The molecule has 2 aromatic carbocycles. The molecule has 0 N–H and O–H groups in total. The van der Waals surface area contributed by atoms with Gasteiger partial charge in [0.2, 0.25) is 11.8 Å². The zero-order chi connectivity index (χ0) is 20.6. The Balaban J connectivity index is 1.49. The van der Waals surface area contributed by atoms with Gasteiger partial charge in [-0.05, 0) is 36.1 Å². The Bertz CT molecular complexity index is 869. The molecule has 0 unspecified atom stereocenters. The van der Waals surface area contributed by atoms with E-state index in [1.807, 2.05) is 71.3 Å². The Kier molecular flexibility index (Phi) is 7.06. The van der Waals surface area contributed by atoms with Crippen LogP contribution < -0.4 is 4.74 Å². The second kappa shape index (κ2) is 9.92. The molecule has 0 aromatic heterocycles. The smallest absolute Gasteiger partial charge is 0.246 e. The van der Waals surface area contributed by atoms with E-state index in [0.29, 0.717) is 39.0 Å². The molecule has 2 amide bonds. The van der Waals surface area contributed by atoms with Crippen LogP contribution in [0.25, 0.3) is 5.57 Å². The van der Waals surface area contributed by atoms with Gasteiger partial charge in [0.05, 0.1) is 7.11 Å². The van der Waals surface area contributed by atoms with Gasteiger partial charge in [-0.2, -0.15) is 0 Å². The Labute approximate surface area is 172 Å². The first kappa shape index (κ1) is 20.6. The maximum absolute atomic E-state index is 12.6. The van der Waals surface area contributed by atoms with Crippen molar-refractivity contribution in [2.24, 2.45) is 0 Å². The number of aryl methyl sites for hydroxylation is 1. The molecule has 1 heterocycles. The summed E-state index contributed by atoms with van der Waals surface area (Å²) in [5.74, 6) is 0.947. The average molecular weight is 392 g/mol. The van der Waals surface area contributed by atoms with Gasteiger partial charge in [0.1, 0.15) is 5.75 Å². The predicted molar refractivity (Wildman–Crippen MR) is 115 cm³/mol. The number of nitrogens with zero attached hydrogens (tertiary/aromatic N) is 2. The predicted octanol–water partition coefficient (Wildman–Crippen LogP) is 3.40. The fourth-order valence-corrected chi connectivity index (χ4v) is 3.55. The zero-order valence-corrected chi connectivity index (χ0v) is 17.1. The maximum atomic E-state index is 12.6. The summed E-state index contributed by atoms with van der Waals surface area (Å²) >= 11 is 0. The lowest BCUT2D eigenvalue weighted by atomic mass is 10.1. The van der Waals surface area contributed by atoms with Crippen LogP contribution in [0.5, 0.6) is 5.75 Å². The molecule has 152 valence electrons. The SMILES string of the molecule is COc1ccccc1CCC(=O)N1CCN(C(=O)/C=C(\C)c2ccccc2)CC1. The van der Waals surface area contributed by atoms with E-state index in [9.17, 15) is 9.59 Å². The minimum atomic E-state index is 0.00692. The highest BCUT2D eigenvalue weighted by molar-refractivity contribution is 5.95. The van der Waals surface area contributed by atoms with Gasteiger partial charge in [-0.15, -0.1) is 0 Å². The monoisotopic (exact) mass is 392 g/mol.